The van der Waals surface area contributed by atoms with Gasteiger partial charge in [-0.25, -0.2) is 15.0 Å². The van der Waals surface area contributed by atoms with E-state index in [4.69, 9.17) is 15.0 Å². The molecule has 3 heteroatoms. The first-order valence-electron chi connectivity index (χ1n) is 15.5. The van der Waals surface area contributed by atoms with Crippen molar-refractivity contribution in [3.8, 4) is 45.3 Å². The van der Waals surface area contributed by atoms with Crippen molar-refractivity contribution in [3.63, 3.8) is 0 Å². The molecule has 0 amide bonds. The fraction of sp³-hybridized carbons (Fsp3) is 0. The Morgan fingerprint density at radius 2 is 0.804 bits per heavy atom. The summed E-state index contributed by atoms with van der Waals surface area (Å²) >= 11 is 0. The topological polar surface area (TPSA) is 38.7 Å². The van der Waals surface area contributed by atoms with Crippen LogP contribution in [0.2, 0.25) is 0 Å². The van der Waals surface area contributed by atoms with Crippen LogP contribution in [0.15, 0.2) is 164 Å². The van der Waals surface area contributed by atoms with Crippen LogP contribution in [0.4, 0.5) is 0 Å². The summed E-state index contributed by atoms with van der Waals surface area (Å²) in [7, 11) is 0. The maximum Gasteiger partial charge on any atom is 0.164 e. The largest absolute Gasteiger partial charge is 0.208 e. The molecular weight excluding hydrogens is 558 g/mol. The monoisotopic (exact) mass is 585 g/mol. The second-order valence-corrected chi connectivity index (χ2v) is 11.6. The van der Waals surface area contributed by atoms with Gasteiger partial charge in [0.05, 0.1) is 0 Å². The number of nitrogens with zero attached hydrogens (tertiary/aromatic N) is 3. The molecule has 0 atom stereocenters. The fourth-order valence-corrected chi connectivity index (χ4v) is 6.69. The van der Waals surface area contributed by atoms with Crippen molar-refractivity contribution in [2.75, 3.05) is 0 Å². The molecule has 0 aliphatic rings. The van der Waals surface area contributed by atoms with Crippen molar-refractivity contribution in [1.82, 2.24) is 15.0 Å². The van der Waals surface area contributed by atoms with E-state index in [0.29, 0.717) is 17.5 Å². The lowest BCUT2D eigenvalue weighted by atomic mass is 9.94. The standard InChI is InChI=1S/C43H27N3/c1-3-12-28(13-4-1)40-27-32(26-31-17-8-10-19-34(31)40)42-44-41(30-15-5-2-6-16-30)45-43(46-42)39-21-11-20-35-37-23-22-29-14-7-9-18-33(29)36(37)24-25-38(35)39/h1-27H. The van der Waals surface area contributed by atoms with Gasteiger partial charge >= 0.3 is 0 Å². The Morgan fingerprint density at radius 3 is 1.61 bits per heavy atom. The van der Waals surface area contributed by atoms with Gasteiger partial charge in [-0.3, -0.25) is 0 Å². The lowest BCUT2D eigenvalue weighted by Crippen LogP contribution is -2.01. The van der Waals surface area contributed by atoms with Crippen LogP contribution < -0.4 is 0 Å². The van der Waals surface area contributed by atoms with Crippen LogP contribution >= 0.6 is 0 Å². The van der Waals surface area contributed by atoms with Crippen molar-refractivity contribution >= 4 is 43.1 Å². The van der Waals surface area contributed by atoms with Crippen LogP contribution in [0.1, 0.15) is 0 Å². The lowest BCUT2D eigenvalue weighted by Gasteiger charge is -2.14. The zero-order chi connectivity index (χ0) is 30.5. The molecule has 0 spiro atoms. The summed E-state index contributed by atoms with van der Waals surface area (Å²) in [4.78, 5) is 15.4. The summed E-state index contributed by atoms with van der Waals surface area (Å²) in [5, 5.41) is 9.60. The quantitative estimate of drug-likeness (QED) is 0.193. The highest BCUT2D eigenvalue weighted by Crippen LogP contribution is 2.37. The van der Waals surface area contributed by atoms with Crippen LogP contribution in [0.25, 0.3) is 88.4 Å². The van der Waals surface area contributed by atoms with Crippen LogP contribution in [-0.4, -0.2) is 15.0 Å². The van der Waals surface area contributed by atoms with Gasteiger partial charge in [0, 0.05) is 16.7 Å². The Hall–Kier alpha value is -6.19. The molecule has 0 radical (unpaired) electrons. The molecule has 1 aromatic heterocycles. The Morgan fingerprint density at radius 1 is 0.261 bits per heavy atom. The number of fused-ring (bicyclic) bond motifs is 6. The highest BCUT2D eigenvalue weighted by atomic mass is 15.0. The Bertz CT molecular complexity index is 2570. The Kier molecular flexibility index (Phi) is 6.14. The molecular formula is C43H27N3. The van der Waals surface area contributed by atoms with Crippen molar-refractivity contribution < 1.29 is 0 Å². The van der Waals surface area contributed by atoms with Gasteiger partial charge in [-0.2, -0.15) is 0 Å². The molecule has 1 heterocycles. The molecule has 46 heavy (non-hydrogen) atoms. The highest BCUT2D eigenvalue weighted by molar-refractivity contribution is 6.19. The molecule has 0 saturated heterocycles. The predicted octanol–water partition coefficient (Wildman–Crippen LogP) is 11.2. The summed E-state index contributed by atoms with van der Waals surface area (Å²) in [5.41, 5.74) is 5.20. The van der Waals surface area contributed by atoms with E-state index < -0.39 is 0 Å². The minimum atomic E-state index is 0.649. The third-order valence-electron chi connectivity index (χ3n) is 8.90. The van der Waals surface area contributed by atoms with Gasteiger partial charge in [0.1, 0.15) is 0 Å². The summed E-state index contributed by atoms with van der Waals surface area (Å²) in [5.74, 6) is 1.96. The molecule has 3 nitrogen and oxygen atoms in total. The van der Waals surface area contributed by atoms with Gasteiger partial charge in [-0.05, 0) is 66.3 Å². The molecule has 0 unspecified atom stereocenters. The van der Waals surface area contributed by atoms with Crippen molar-refractivity contribution in [3.05, 3.63) is 164 Å². The molecule has 8 aromatic carbocycles. The molecule has 0 bridgehead atoms. The molecule has 214 valence electrons. The van der Waals surface area contributed by atoms with E-state index >= 15 is 0 Å². The van der Waals surface area contributed by atoms with Gasteiger partial charge < -0.3 is 0 Å². The number of aromatic nitrogens is 3. The van der Waals surface area contributed by atoms with E-state index in [2.05, 4.69) is 146 Å². The van der Waals surface area contributed by atoms with Gasteiger partial charge in [0.15, 0.2) is 17.5 Å². The smallest absolute Gasteiger partial charge is 0.164 e. The number of benzene rings is 8. The minimum Gasteiger partial charge on any atom is -0.208 e. The zero-order valence-corrected chi connectivity index (χ0v) is 24.9. The van der Waals surface area contributed by atoms with Crippen LogP contribution in [0, 0.1) is 0 Å². The normalized spacial score (nSPS) is 11.5. The maximum absolute atomic E-state index is 5.20. The molecule has 9 aromatic rings. The number of hydrogen-bond acceptors (Lipinski definition) is 3. The first-order chi connectivity index (χ1) is 22.8. The van der Waals surface area contributed by atoms with Crippen LogP contribution in [0.5, 0.6) is 0 Å². The second kappa shape index (κ2) is 10.8. The summed E-state index contributed by atoms with van der Waals surface area (Å²) in [6.07, 6.45) is 0. The fourth-order valence-electron chi connectivity index (χ4n) is 6.69. The summed E-state index contributed by atoms with van der Waals surface area (Å²) in [6, 6.07) is 57.5. The second-order valence-electron chi connectivity index (χ2n) is 11.6. The maximum atomic E-state index is 5.20. The van der Waals surface area contributed by atoms with E-state index in [9.17, 15) is 0 Å². The molecule has 0 aliphatic carbocycles. The average Bonchev–Trinajstić information content (AvgIpc) is 3.14. The summed E-state index contributed by atoms with van der Waals surface area (Å²) in [6.45, 7) is 0. The van der Waals surface area contributed by atoms with Gasteiger partial charge in [0.2, 0.25) is 0 Å². The van der Waals surface area contributed by atoms with E-state index in [0.717, 1.165) is 38.6 Å². The van der Waals surface area contributed by atoms with Crippen LogP contribution in [-0.2, 0) is 0 Å². The lowest BCUT2D eigenvalue weighted by molar-refractivity contribution is 1.08. The van der Waals surface area contributed by atoms with E-state index in [1.807, 2.05) is 18.2 Å². The Balaban J connectivity index is 1.30. The third kappa shape index (κ3) is 4.41. The molecule has 0 N–H and O–H groups in total. The summed E-state index contributed by atoms with van der Waals surface area (Å²) < 4.78 is 0. The minimum absolute atomic E-state index is 0.649. The van der Waals surface area contributed by atoms with E-state index in [1.54, 1.807) is 0 Å². The zero-order valence-electron chi connectivity index (χ0n) is 24.9. The van der Waals surface area contributed by atoms with Gasteiger partial charge in [0.25, 0.3) is 0 Å². The average molecular weight is 586 g/mol. The van der Waals surface area contributed by atoms with Gasteiger partial charge in [-0.15, -0.1) is 0 Å². The molecule has 0 fully saturated rings. The van der Waals surface area contributed by atoms with Crippen LogP contribution in [0.3, 0.4) is 0 Å². The Labute approximate surface area is 266 Å². The number of rotatable bonds is 4. The van der Waals surface area contributed by atoms with Crippen molar-refractivity contribution in [1.29, 1.82) is 0 Å². The van der Waals surface area contributed by atoms with E-state index in [-0.39, 0.29) is 0 Å². The van der Waals surface area contributed by atoms with Gasteiger partial charge in [-0.1, -0.05) is 152 Å². The molecule has 0 saturated carbocycles. The van der Waals surface area contributed by atoms with E-state index in [1.165, 1.54) is 32.3 Å². The predicted molar refractivity (Wildman–Crippen MR) is 192 cm³/mol. The first kappa shape index (κ1) is 26.2. The molecule has 0 aliphatic heterocycles. The van der Waals surface area contributed by atoms with Crippen molar-refractivity contribution in [2.45, 2.75) is 0 Å². The van der Waals surface area contributed by atoms with Crippen molar-refractivity contribution in [2.24, 2.45) is 0 Å². The highest BCUT2D eigenvalue weighted by Gasteiger charge is 2.17. The first-order valence-corrected chi connectivity index (χ1v) is 15.5. The third-order valence-corrected chi connectivity index (χ3v) is 8.90. The number of hydrogen-bond donors (Lipinski definition) is 0. The molecule has 9 rings (SSSR count). The SMILES string of the molecule is c1ccc(-c2nc(-c3cc(-c4ccccc4)c4ccccc4c3)nc(-c3cccc4c3ccc3c5ccccc5ccc43)n2)cc1.